The molecule has 0 aromatic rings. The highest BCUT2D eigenvalue weighted by molar-refractivity contribution is 7.47. The molecule has 5 atom stereocenters. The number of hydrogen-bond acceptors (Lipinski definition) is 15. The molecule has 3 N–H and O–H groups in total. The quantitative estimate of drug-likeness (QED) is 0.0222. The van der Waals surface area contributed by atoms with Gasteiger partial charge in [-0.1, -0.05) is 304 Å². The second kappa shape index (κ2) is 62.5. The van der Waals surface area contributed by atoms with Crippen LogP contribution >= 0.6 is 15.6 Å². The van der Waals surface area contributed by atoms with Crippen LogP contribution in [0.4, 0.5) is 0 Å². The van der Waals surface area contributed by atoms with E-state index in [-0.39, 0.29) is 25.7 Å². The summed E-state index contributed by atoms with van der Waals surface area (Å²) in [5, 5.41) is 10.5. The van der Waals surface area contributed by atoms with E-state index >= 15 is 0 Å². The van der Waals surface area contributed by atoms with Crippen molar-refractivity contribution in [1.82, 2.24) is 0 Å². The molecule has 0 saturated heterocycles. The minimum absolute atomic E-state index is 0.103. The van der Waals surface area contributed by atoms with Gasteiger partial charge in [0.1, 0.15) is 19.3 Å². The molecule has 0 aliphatic heterocycles. The van der Waals surface area contributed by atoms with Crippen molar-refractivity contribution in [2.75, 3.05) is 39.6 Å². The SMILES string of the molecule is CCCCCCCCCCCCCCCCCCCCC(=O)O[C@H](COC(=O)CCCCCCCCCCCCCCCCC)COP(=O)(O)OC[C@@H](O)COP(=O)(O)OC[C@@H](COC(=O)CCCCCCC)OC(=O)CCCCCCCCCC(C)C. The van der Waals surface area contributed by atoms with Crippen molar-refractivity contribution in [3.8, 4) is 0 Å². The van der Waals surface area contributed by atoms with Crippen LogP contribution in [0.1, 0.15) is 356 Å². The van der Waals surface area contributed by atoms with Gasteiger partial charge in [0.05, 0.1) is 26.4 Å². The molecule has 19 heteroatoms. The van der Waals surface area contributed by atoms with Crippen LogP contribution in [0.25, 0.3) is 0 Å². The lowest BCUT2D eigenvalue weighted by molar-refractivity contribution is -0.161. The van der Waals surface area contributed by atoms with E-state index in [1.54, 1.807) is 0 Å². The lowest BCUT2D eigenvalue weighted by atomic mass is 10.0. The fourth-order valence-corrected chi connectivity index (χ4v) is 12.0. The molecule has 88 heavy (non-hydrogen) atoms. The number of aliphatic hydroxyl groups excluding tert-OH is 1. The standard InChI is InChI=1S/C69H134O17P2/c1-6-9-12-15-17-19-21-23-25-26-27-29-31-33-35-39-44-49-54-68(73)86-65(59-80-67(72)53-48-43-38-34-32-30-28-24-22-20-18-16-13-10-7-2)61-84-88(77,78)82-57-63(70)56-81-87(75,76)83-60-64(58-79-66(71)52-47-41-14-11-8-3)85-69(74)55-50-45-40-36-37-42-46-51-62(4)5/h62-65,70H,6-61H2,1-5H3,(H,75,76)(H,77,78)/t63-,64+,65+/m0/s1. The van der Waals surface area contributed by atoms with Gasteiger partial charge < -0.3 is 33.8 Å². The molecule has 0 radical (unpaired) electrons. The van der Waals surface area contributed by atoms with Gasteiger partial charge >= 0.3 is 39.5 Å². The maximum Gasteiger partial charge on any atom is 0.472 e. The predicted octanol–water partition coefficient (Wildman–Crippen LogP) is 19.7. The van der Waals surface area contributed by atoms with Crippen molar-refractivity contribution in [2.45, 2.75) is 374 Å². The first kappa shape index (κ1) is 86.1. The molecular formula is C69H134O17P2. The first-order valence-electron chi connectivity index (χ1n) is 36.1. The maximum atomic E-state index is 13.0. The first-order chi connectivity index (χ1) is 42.5. The molecule has 0 heterocycles. The topological polar surface area (TPSA) is 237 Å². The van der Waals surface area contributed by atoms with Crippen molar-refractivity contribution < 1.29 is 80.2 Å². The molecule has 0 spiro atoms. The minimum Gasteiger partial charge on any atom is -0.462 e. The van der Waals surface area contributed by atoms with Gasteiger partial charge in [-0.25, -0.2) is 9.13 Å². The first-order valence-corrected chi connectivity index (χ1v) is 39.1. The van der Waals surface area contributed by atoms with Crippen molar-refractivity contribution in [3.63, 3.8) is 0 Å². The Hall–Kier alpha value is -1.94. The van der Waals surface area contributed by atoms with Crippen LogP contribution < -0.4 is 0 Å². The van der Waals surface area contributed by atoms with Crippen molar-refractivity contribution in [1.29, 1.82) is 0 Å². The third kappa shape index (κ3) is 62.8. The summed E-state index contributed by atoms with van der Waals surface area (Å²) in [6.07, 6.45) is 49.1. The molecule has 0 aromatic heterocycles. The molecule has 0 aliphatic rings. The second-order valence-electron chi connectivity index (χ2n) is 25.4. The Bertz CT molecular complexity index is 1700. The molecule has 522 valence electrons. The van der Waals surface area contributed by atoms with E-state index in [0.29, 0.717) is 31.6 Å². The van der Waals surface area contributed by atoms with Gasteiger partial charge in [0.15, 0.2) is 12.2 Å². The highest BCUT2D eigenvalue weighted by atomic mass is 31.2. The Morgan fingerprint density at radius 2 is 0.523 bits per heavy atom. The van der Waals surface area contributed by atoms with Gasteiger partial charge in [0.2, 0.25) is 0 Å². The Labute approximate surface area is 537 Å². The molecule has 0 rings (SSSR count). The van der Waals surface area contributed by atoms with Crippen LogP contribution in [0.2, 0.25) is 0 Å². The Morgan fingerprint density at radius 3 is 0.773 bits per heavy atom. The van der Waals surface area contributed by atoms with Crippen LogP contribution in [-0.4, -0.2) is 96.7 Å². The van der Waals surface area contributed by atoms with E-state index in [0.717, 1.165) is 96.3 Å². The van der Waals surface area contributed by atoms with Gasteiger partial charge in [-0.3, -0.25) is 37.3 Å². The number of phosphoric ester groups is 2. The number of unbranched alkanes of at least 4 members (excludes halogenated alkanes) is 41. The minimum atomic E-state index is -4.95. The number of ether oxygens (including phenoxy) is 4. The van der Waals surface area contributed by atoms with Crippen molar-refractivity contribution >= 4 is 39.5 Å². The Balaban J connectivity index is 5.15. The van der Waals surface area contributed by atoms with E-state index in [2.05, 4.69) is 34.6 Å². The number of phosphoric acid groups is 2. The van der Waals surface area contributed by atoms with Gasteiger partial charge in [0.25, 0.3) is 0 Å². The maximum absolute atomic E-state index is 13.0. The molecular weight excluding hydrogens is 1160 g/mol. The van der Waals surface area contributed by atoms with E-state index in [1.165, 1.54) is 173 Å². The summed E-state index contributed by atoms with van der Waals surface area (Å²) in [4.78, 5) is 72.2. The smallest absolute Gasteiger partial charge is 0.462 e. The number of esters is 4. The fourth-order valence-electron chi connectivity index (χ4n) is 10.5. The highest BCUT2D eigenvalue weighted by Gasteiger charge is 2.30. The average Bonchev–Trinajstić information content (AvgIpc) is 3.65. The monoisotopic (exact) mass is 1300 g/mol. The van der Waals surface area contributed by atoms with Gasteiger partial charge in [-0.15, -0.1) is 0 Å². The number of aliphatic hydroxyl groups is 1. The van der Waals surface area contributed by atoms with Crippen LogP contribution in [0.15, 0.2) is 0 Å². The molecule has 0 aliphatic carbocycles. The lowest BCUT2D eigenvalue weighted by Crippen LogP contribution is -2.30. The summed E-state index contributed by atoms with van der Waals surface area (Å²) in [6, 6.07) is 0. The Morgan fingerprint density at radius 1 is 0.307 bits per heavy atom. The normalized spacial score (nSPS) is 14.1. The summed E-state index contributed by atoms with van der Waals surface area (Å²) < 4.78 is 68.0. The van der Waals surface area contributed by atoms with Crippen LogP contribution in [-0.2, 0) is 65.4 Å². The summed E-state index contributed by atoms with van der Waals surface area (Å²) >= 11 is 0. The average molecular weight is 1300 g/mol. The van der Waals surface area contributed by atoms with E-state index in [9.17, 15) is 43.2 Å². The van der Waals surface area contributed by atoms with E-state index in [4.69, 9.17) is 37.0 Å². The molecule has 2 unspecified atom stereocenters. The van der Waals surface area contributed by atoms with Gasteiger partial charge in [-0.2, -0.15) is 0 Å². The zero-order valence-corrected chi connectivity index (χ0v) is 58.6. The van der Waals surface area contributed by atoms with Crippen LogP contribution in [0, 0.1) is 5.92 Å². The molecule has 0 saturated carbocycles. The molecule has 17 nitrogen and oxygen atoms in total. The zero-order valence-electron chi connectivity index (χ0n) is 56.9. The third-order valence-electron chi connectivity index (χ3n) is 16.0. The summed E-state index contributed by atoms with van der Waals surface area (Å²) in [6.45, 7) is 7.09. The Kier molecular flexibility index (Phi) is 61.1. The summed E-state index contributed by atoms with van der Waals surface area (Å²) in [5.41, 5.74) is 0. The number of rotatable bonds is 69. The molecule has 0 bridgehead atoms. The van der Waals surface area contributed by atoms with Crippen molar-refractivity contribution in [3.05, 3.63) is 0 Å². The largest absolute Gasteiger partial charge is 0.472 e. The van der Waals surface area contributed by atoms with E-state index in [1.807, 2.05) is 0 Å². The van der Waals surface area contributed by atoms with Crippen LogP contribution in [0.3, 0.4) is 0 Å². The lowest BCUT2D eigenvalue weighted by Gasteiger charge is -2.21. The van der Waals surface area contributed by atoms with Gasteiger partial charge in [-0.05, 0) is 31.6 Å². The fraction of sp³-hybridized carbons (Fsp3) is 0.942. The second-order valence-corrected chi connectivity index (χ2v) is 28.3. The number of hydrogen-bond donors (Lipinski definition) is 3. The highest BCUT2D eigenvalue weighted by Crippen LogP contribution is 2.45. The van der Waals surface area contributed by atoms with Crippen molar-refractivity contribution in [2.24, 2.45) is 5.92 Å². The molecule has 0 fully saturated rings. The molecule has 0 aromatic carbocycles. The predicted molar refractivity (Wildman–Crippen MR) is 354 cm³/mol. The summed E-state index contributed by atoms with van der Waals surface area (Å²) in [5.74, 6) is -1.44. The van der Waals surface area contributed by atoms with E-state index < -0.39 is 97.5 Å². The zero-order chi connectivity index (χ0) is 64.9. The molecule has 0 amide bonds. The number of carbonyl (C=O) groups is 4. The number of carbonyl (C=O) groups excluding carboxylic acids is 4. The van der Waals surface area contributed by atoms with Gasteiger partial charge in [0, 0.05) is 25.7 Å². The summed E-state index contributed by atoms with van der Waals surface area (Å²) in [7, 11) is -9.89. The van der Waals surface area contributed by atoms with Crippen LogP contribution in [0.5, 0.6) is 0 Å². The third-order valence-corrected chi connectivity index (χ3v) is 17.9.